The Balaban J connectivity index is 1.40. The summed E-state index contributed by atoms with van der Waals surface area (Å²) in [5, 5.41) is 5.98. The van der Waals surface area contributed by atoms with Gasteiger partial charge in [-0.05, 0) is 34.7 Å². The van der Waals surface area contributed by atoms with Gasteiger partial charge in [-0.2, -0.15) is 0 Å². The highest BCUT2D eigenvalue weighted by Gasteiger charge is 2.33. The molecule has 1 aliphatic heterocycles. The van der Waals surface area contributed by atoms with E-state index in [9.17, 15) is 4.79 Å². The summed E-state index contributed by atoms with van der Waals surface area (Å²) in [7, 11) is 1.69. The molecule has 2 N–H and O–H groups in total. The third-order valence-electron chi connectivity index (χ3n) is 6.25. The summed E-state index contributed by atoms with van der Waals surface area (Å²) in [5.74, 6) is 0.845. The zero-order chi connectivity index (χ0) is 22.8. The van der Waals surface area contributed by atoms with Crippen molar-refractivity contribution < 1.29 is 9.53 Å². The first-order valence-corrected chi connectivity index (χ1v) is 11.3. The number of aromatic amines is 1. The Morgan fingerprint density at radius 1 is 1.15 bits per heavy atom. The molecule has 33 heavy (non-hydrogen) atoms. The number of rotatable bonds is 6. The molecule has 0 saturated carbocycles. The lowest BCUT2D eigenvalue weighted by Gasteiger charge is -2.34. The largest absolute Gasteiger partial charge is 0.496 e. The average molecular weight is 461 g/mol. The van der Waals surface area contributed by atoms with Crippen LogP contribution in [0.2, 0.25) is 5.02 Å². The lowest BCUT2D eigenvalue weighted by molar-refractivity contribution is -0.127. The molecule has 0 radical (unpaired) electrons. The van der Waals surface area contributed by atoms with Crippen molar-refractivity contribution >= 4 is 28.3 Å². The number of methoxy groups -OCH3 is 1. The number of hydrogen-bond donors (Lipinski definition) is 2. The van der Waals surface area contributed by atoms with Crippen LogP contribution in [-0.2, 0) is 30.8 Å². The topological polar surface area (TPSA) is 70.2 Å². The molecular weight excluding hydrogens is 436 g/mol. The lowest BCUT2D eigenvalue weighted by atomic mass is 9.98. The molecule has 2 heterocycles. The highest BCUT2D eigenvalue weighted by atomic mass is 35.5. The van der Waals surface area contributed by atoms with Gasteiger partial charge in [0.2, 0.25) is 5.91 Å². The van der Waals surface area contributed by atoms with Crippen LogP contribution in [0, 0.1) is 0 Å². The number of fused-ring (bicyclic) bond motifs is 2. The van der Waals surface area contributed by atoms with Gasteiger partial charge >= 0.3 is 0 Å². The quantitative estimate of drug-likeness (QED) is 0.445. The third kappa shape index (κ3) is 4.45. The first-order valence-electron chi connectivity index (χ1n) is 10.9. The first-order chi connectivity index (χ1) is 16.1. The summed E-state index contributed by atoms with van der Waals surface area (Å²) in [5.41, 5.74) is 4.19. The fourth-order valence-electron chi connectivity index (χ4n) is 4.49. The normalized spacial score (nSPS) is 15.9. The number of aromatic nitrogens is 2. The molecular formula is C26H25ClN4O2. The van der Waals surface area contributed by atoms with Crippen molar-refractivity contribution in [2.24, 2.45) is 0 Å². The van der Waals surface area contributed by atoms with Gasteiger partial charge in [0.25, 0.3) is 0 Å². The summed E-state index contributed by atoms with van der Waals surface area (Å²) in [6.45, 7) is 1.73. The van der Waals surface area contributed by atoms with Crippen LogP contribution in [0.1, 0.15) is 22.5 Å². The molecule has 0 saturated heterocycles. The zero-order valence-corrected chi connectivity index (χ0v) is 19.1. The second kappa shape index (κ2) is 9.25. The van der Waals surface area contributed by atoms with Crippen molar-refractivity contribution in [1.29, 1.82) is 0 Å². The van der Waals surface area contributed by atoms with Gasteiger partial charge in [0, 0.05) is 36.5 Å². The van der Waals surface area contributed by atoms with Crippen LogP contribution in [0.3, 0.4) is 0 Å². The molecule has 1 atom stereocenters. The van der Waals surface area contributed by atoms with Crippen molar-refractivity contribution in [1.82, 2.24) is 20.2 Å². The van der Waals surface area contributed by atoms with Gasteiger partial charge in [-0.15, -0.1) is 0 Å². The van der Waals surface area contributed by atoms with Gasteiger partial charge in [0.05, 0.1) is 30.9 Å². The Kier molecular flexibility index (Phi) is 6.03. The molecule has 1 aromatic heterocycles. The van der Waals surface area contributed by atoms with Gasteiger partial charge in [0.15, 0.2) is 0 Å². The van der Waals surface area contributed by atoms with E-state index in [1.54, 1.807) is 13.4 Å². The van der Waals surface area contributed by atoms with Crippen LogP contribution >= 0.6 is 11.6 Å². The Bertz CT molecular complexity index is 1290. The molecule has 1 amide bonds. The number of carbonyl (C=O) groups is 1. The minimum Gasteiger partial charge on any atom is -0.496 e. The summed E-state index contributed by atoms with van der Waals surface area (Å²) < 4.78 is 5.55. The minimum absolute atomic E-state index is 0.00332. The molecule has 1 unspecified atom stereocenters. The molecule has 0 fully saturated rings. The highest BCUT2D eigenvalue weighted by Crippen LogP contribution is 2.31. The van der Waals surface area contributed by atoms with Crippen molar-refractivity contribution in [3.63, 3.8) is 0 Å². The number of ether oxygens (including phenoxy) is 1. The van der Waals surface area contributed by atoms with E-state index in [4.69, 9.17) is 16.3 Å². The molecule has 1 aliphatic rings. The molecule has 3 aromatic carbocycles. The van der Waals surface area contributed by atoms with Crippen LogP contribution in [-0.4, -0.2) is 33.9 Å². The SMILES string of the molecule is COc1ccc(CN2Cc3[nH]cnc3CC2C(=O)NCc2ccc(Cl)cc2)c2ccccc12. The van der Waals surface area contributed by atoms with Crippen molar-refractivity contribution in [2.45, 2.75) is 32.1 Å². The molecule has 0 aliphatic carbocycles. The smallest absolute Gasteiger partial charge is 0.238 e. The number of nitrogens with zero attached hydrogens (tertiary/aromatic N) is 2. The maximum atomic E-state index is 13.3. The zero-order valence-electron chi connectivity index (χ0n) is 18.3. The molecule has 4 aromatic rings. The average Bonchev–Trinajstić information content (AvgIpc) is 3.31. The Labute approximate surface area is 197 Å². The predicted molar refractivity (Wildman–Crippen MR) is 129 cm³/mol. The van der Waals surface area contributed by atoms with E-state index in [0.29, 0.717) is 31.1 Å². The number of halogens is 1. The van der Waals surface area contributed by atoms with Crippen LogP contribution < -0.4 is 10.1 Å². The minimum atomic E-state index is -0.311. The maximum absolute atomic E-state index is 13.3. The van der Waals surface area contributed by atoms with Crippen LogP contribution in [0.15, 0.2) is 67.0 Å². The van der Waals surface area contributed by atoms with E-state index in [0.717, 1.165) is 39.0 Å². The second-order valence-corrected chi connectivity index (χ2v) is 8.71. The van der Waals surface area contributed by atoms with E-state index in [1.807, 2.05) is 42.5 Å². The second-order valence-electron chi connectivity index (χ2n) is 8.27. The summed E-state index contributed by atoms with van der Waals surface area (Å²) in [6, 6.07) is 19.5. The van der Waals surface area contributed by atoms with Gasteiger partial charge in [-0.3, -0.25) is 9.69 Å². The van der Waals surface area contributed by atoms with Crippen molar-refractivity contribution in [3.8, 4) is 5.75 Å². The van der Waals surface area contributed by atoms with E-state index in [1.165, 1.54) is 0 Å². The Morgan fingerprint density at radius 3 is 2.73 bits per heavy atom. The van der Waals surface area contributed by atoms with Gasteiger partial charge in [-0.1, -0.05) is 54.1 Å². The molecule has 0 bridgehead atoms. The van der Waals surface area contributed by atoms with Gasteiger partial charge in [0.1, 0.15) is 5.75 Å². The molecule has 5 rings (SSSR count). The van der Waals surface area contributed by atoms with E-state index >= 15 is 0 Å². The number of carbonyl (C=O) groups excluding carboxylic acids is 1. The first kappa shape index (κ1) is 21.5. The molecule has 7 heteroatoms. The fourth-order valence-corrected chi connectivity index (χ4v) is 4.62. The number of amides is 1. The lowest BCUT2D eigenvalue weighted by Crippen LogP contribution is -2.49. The van der Waals surface area contributed by atoms with Crippen LogP contribution in [0.4, 0.5) is 0 Å². The summed E-state index contributed by atoms with van der Waals surface area (Å²) in [4.78, 5) is 23.2. The number of benzene rings is 3. The number of H-pyrrole nitrogens is 1. The third-order valence-corrected chi connectivity index (χ3v) is 6.50. The van der Waals surface area contributed by atoms with Gasteiger partial charge in [-0.25, -0.2) is 4.98 Å². The standard InChI is InChI=1S/C26H25ClN4O2/c1-33-25-11-8-18(20-4-2-3-5-21(20)25)14-31-15-23-22(29-16-30-23)12-24(31)26(32)28-13-17-6-9-19(27)10-7-17/h2-11,16,24H,12-15H2,1H3,(H,28,32)(H,29,30). The summed E-state index contributed by atoms with van der Waals surface area (Å²) >= 11 is 5.98. The summed E-state index contributed by atoms with van der Waals surface area (Å²) in [6.07, 6.45) is 2.28. The van der Waals surface area contributed by atoms with Crippen molar-refractivity contribution in [2.75, 3.05) is 7.11 Å². The Hall–Kier alpha value is -3.35. The molecule has 0 spiro atoms. The number of nitrogens with one attached hydrogen (secondary N) is 2. The van der Waals surface area contributed by atoms with Crippen LogP contribution in [0.25, 0.3) is 10.8 Å². The number of hydrogen-bond acceptors (Lipinski definition) is 4. The van der Waals surface area contributed by atoms with E-state index in [2.05, 4.69) is 38.4 Å². The number of imidazole rings is 1. The van der Waals surface area contributed by atoms with E-state index in [-0.39, 0.29) is 11.9 Å². The highest BCUT2D eigenvalue weighted by molar-refractivity contribution is 6.30. The molecule has 168 valence electrons. The monoisotopic (exact) mass is 460 g/mol. The van der Waals surface area contributed by atoms with Crippen LogP contribution in [0.5, 0.6) is 5.75 Å². The van der Waals surface area contributed by atoms with Crippen molar-refractivity contribution in [3.05, 3.63) is 94.5 Å². The maximum Gasteiger partial charge on any atom is 0.238 e. The van der Waals surface area contributed by atoms with E-state index < -0.39 is 0 Å². The molecule has 6 nitrogen and oxygen atoms in total. The predicted octanol–water partition coefficient (Wildman–Crippen LogP) is 4.47. The Morgan fingerprint density at radius 2 is 1.94 bits per heavy atom. The van der Waals surface area contributed by atoms with Gasteiger partial charge < -0.3 is 15.0 Å². The fraction of sp³-hybridized carbons (Fsp3) is 0.231.